The number of hydrogen-bond acceptors (Lipinski definition) is 3. The predicted molar refractivity (Wildman–Crippen MR) is 185 cm³/mol. The van der Waals surface area contributed by atoms with Gasteiger partial charge < -0.3 is 18.6 Å². The first-order valence-corrected chi connectivity index (χ1v) is 15.5. The number of hydrogen-bond donors (Lipinski definition) is 0. The molecule has 0 fully saturated rings. The number of para-hydroxylation sites is 2. The van der Waals surface area contributed by atoms with E-state index in [0.717, 1.165) is 39.7 Å². The standard InChI is InChI=1S/C40H21BN2O2/c1-3-11-27-25(9-1)26-10-2-4-12-28(26)42(27)23-7-5-8-24(21-23)43-29-13-6-14-33-38(29)41-39-30(43)17-20-32-37(39)36-31(44-32)18-15-22-16-19-34(45-33)40(41)35(22)36/h1-21H. The van der Waals surface area contributed by atoms with E-state index < -0.39 is 0 Å². The largest absolute Gasteiger partial charge is 0.458 e. The summed E-state index contributed by atoms with van der Waals surface area (Å²) in [5.41, 5.74) is 12.7. The first-order valence-electron chi connectivity index (χ1n) is 15.5. The van der Waals surface area contributed by atoms with E-state index in [1.807, 2.05) is 0 Å². The van der Waals surface area contributed by atoms with Gasteiger partial charge in [-0.15, -0.1) is 0 Å². The lowest BCUT2D eigenvalue weighted by atomic mass is 9.32. The van der Waals surface area contributed by atoms with Crippen LogP contribution in [0.1, 0.15) is 0 Å². The maximum atomic E-state index is 6.72. The van der Waals surface area contributed by atoms with Crippen molar-refractivity contribution in [1.29, 1.82) is 0 Å². The summed E-state index contributed by atoms with van der Waals surface area (Å²) in [5, 5.41) is 7.45. The third kappa shape index (κ3) is 2.56. The van der Waals surface area contributed by atoms with Crippen molar-refractivity contribution in [2.45, 2.75) is 0 Å². The summed E-state index contributed by atoms with van der Waals surface area (Å²) in [6.45, 7) is 0.0785. The van der Waals surface area contributed by atoms with E-state index in [-0.39, 0.29) is 6.71 Å². The van der Waals surface area contributed by atoms with Crippen molar-refractivity contribution in [2.75, 3.05) is 4.90 Å². The fraction of sp³-hybridized carbons (Fsp3) is 0. The zero-order chi connectivity index (χ0) is 29.0. The van der Waals surface area contributed by atoms with Gasteiger partial charge in [0.05, 0.1) is 11.0 Å². The number of benzene rings is 7. The Hall–Kier alpha value is -5.94. The predicted octanol–water partition coefficient (Wildman–Crippen LogP) is 8.55. The molecule has 2 aromatic heterocycles. The van der Waals surface area contributed by atoms with Crippen molar-refractivity contribution in [3.05, 3.63) is 127 Å². The van der Waals surface area contributed by atoms with Gasteiger partial charge in [0, 0.05) is 44.3 Å². The Morgan fingerprint density at radius 2 is 1.18 bits per heavy atom. The van der Waals surface area contributed by atoms with E-state index in [9.17, 15) is 0 Å². The zero-order valence-electron chi connectivity index (χ0n) is 23.9. The second-order valence-corrected chi connectivity index (χ2v) is 12.4. The van der Waals surface area contributed by atoms with Crippen molar-refractivity contribution in [3.8, 4) is 17.2 Å². The van der Waals surface area contributed by atoms with Gasteiger partial charge in [-0.3, -0.25) is 0 Å². The van der Waals surface area contributed by atoms with Crippen LogP contribution in [-0.2, 0) is 0 Å². The fourth-order valence-corrected chi connectivity index (χ4v) is 8.69. The lowest BCUT2D eigenvalue weighted by Gasteiger charge is -2.41. The molecule has 0 spiro atoms. The SMILES string of the molecule is c1cc(N2c3cccc4c3B3c5c(ccc6ccc7oc8ccc2c3c8c7c56)O4)cc(-n2c3ccccc3c3ccccc32)c1. The van der Waals surface area contributed by atoms with Crippen molar-refractivity contribution in [1.82, 2.24) is 4.57 Å². The molecule has 5 heteroatoms. The molecule has 3 aliphatic rings. The molecule has 5 heterocycles. The van der Waals surface area contributed by atoms with Crippen LogP contribution in [0.4, 0.5) is 17.1 Å². The summed E-state index contributed by atoms with van der Waals surface area (Å²) >= 11 is 0. The maximum absolute atomic E-state index is 6.72. The van der Waals surface area contributed by atoms with Gasteiger partial charge in [0.25, 0.3) is 6.71 Å². The smallest absolute Gasteiger partial charge is 0.258 e. The average molecular weight is 572 g/mol. The highest BCUT2D eigenvalue weighted by Crippen LogP contribution is 2.47. The molecule has 0 saturated carbocycles. The van der Waals surface area contributed by atoms with Crippen LogP contribution in [0.2, 0.25) is 0 Å². The van der Waals surface area contributed by atoms with E-state index in [1.165, 1.54) is 65.4 Å². The molecule has 7 aromatic carbocycles. The third-order valence-corrected chi connectivity index (χ3v) is 10.3. The Bertz CT molecular complexity index is 2770. The monoisotopic (exact) mass is 572 g/mol. The van der Waals surface area contributed by atoms with Crippen LogP contribution < -0.4 is 26.0 Å². The Morgan fingerprint density at radius 3 is 2.04 bits per heavy atom. The number of fused-ring (bicyclic) bond motifs is 3. The van der Waals surface area contributed by atoms with E-state index in [1.54, 1.807) is 0 Å². The second-order valence-electron chi connectivity index (χ2n) is 12.4. The van der Waals surface area contributed by atoms with E-state index in [2.05, 4.69) is 137 Å². The first kappa shape index (κ1) is 22.6. The number of rotatable bonds is 2. The molecule has 0 unspecified atom stereocenters. The van der Waals surface area contributed by atoms with E-state index in [4.69, 9.17) is 9.15 Å². The Kier molecular flexibility index (Phi) is 3.80. The van der Waals surface area contributed by atoms with Gasteiger partial charge in [0.15, 0.2) is 0 Å². The highest BCUT2D eigenvalue weighted by atomic mass is 16.5. The molecule has 0 atom stereocenters. The minimum Gasteiger partial charge on any atom is -0.458 e. The summed E-state index contributed by atoms with van der Waals surface area (Å²) < 4.78 is 15.6. The van der Waals surface area contributed by atoms with Crippen LogP contribution >= 0.6 is 0 Å². The van der Waals surface area contributed by atoms with E-state index in [0.29, 0.717) is 0 Å². The Balaban J connectivity index is 1.19. The molecule has 0 radical (unpaired) electrons. The molecule has 0 amide bonds. The topological polar surface area (TPSA) is 30.5 Å². The van der Waals surface area contributed by atoms with Crippen LogP contribution in [0.15, 0.2) is 132 Å². The molecule has 4 nitrogen and oxygen atoms in total. The van der Waals surface area contributed by atoms with Crippen LogP contribution in [0.5, 0.6) is 11.5 Å². The maximum Gasteiger partial charge on any atom is 0.258 e. The van der Waals surface area contributed by atoms with Crippen molar-refractivity contribution in [3.63, 3.8) is 0 Å². The molecule has 206 valence electrons. The van der Waals surface area contributed by atoms with Crippen LogP contribution in [0.25, 0.3) is 60.2 Å². The van der Waals surface area contributed by atoms with Gasteiger partial charge in [-0.2, -0.15) is 0 Å². The highest BCUT2D eigenvalue weighted by Gasteiger charge is 2.46. The molecule has 3 aliphatic heterocycles. The average Bonchev–Trinajstić information content (AvgIpc) is 3.64. The molecule has 0 bridgehead atoms. The highest BCUT2D eigenvalue weighted by molar-refractivity contribution is 7.03. The second kappa shape index (κ2) is 7.58. The number of nitrogens with zero attached hydrogens (tertiary/aromatic N) is 2. The quantitative estimate of drug-likeness (QED) is 0.195. The Morgan fingerprint density at radius 1 is 0.489 bits per heavy atom. The van der Waals surface area contributed by atoms with E-state index >= 15 is 0 Å². The van der Waals surface area contributed by atoms with Crippen LogP contribution in [0, 0.1) is 0 Å². The minimum absolute atomic E-state index is 0.0785. The lowest BCUT2D eigenvalue weighted by Crippen LogP contribution is -2.60. The molecular formula is C40H21BN2O2. The lowest BCUT2D eigenvalue weighted by molar-refractivity contribution is 0.488. The first-order chi connectivity index (χ1) is 22.3. The third-order valence-electron chi connectivity index (χ3n) is 10.3. The van der Waals surface area contributed by atoms with Gasteiger partial charge in [-0.1, -0.05) is 60.7 Å². The molecule has 12 rings (SSSR count). The van der Waals surface area contributed by atoms with Gasteiger partial charge in [0.1, 0.15) is 22.7 Å². The van der Waals surface area contributed by atoms with Crippen molar-refractivity contribution >= 4 is 94.7 Å². The zero-order valence-corrected chi connectivity index (χ0v) is 23.9. The number of ether oxygens (including phenoxy) is 1. The molecule has 0 aliphatic carbocycles. The number of furan rings is 1. The minimum atomic E-state index is 0.0785. The van der Waals surface area contributed by atoms with Gasteiger partial charge in [0.2, 0.25) is 0 Å². The number of aromatic nitrogens is 1. The molecule has 0 saturated heterocycles. The fourth-order valence-electron chi connectivity index (χ4n) is 8.69. The summed E-state index contributed by atoms with van der Waals surface area (Å²) in [6, 6.07) is 45.9. The summed E-state index contributed by atoms with van der Waals surface area (Å²) in [4.78, 5) is 2.43. The molecule has 0 N–H and O–H groups in total. The van der Waals surface area contributed by atoms with Crippen LogP contribution in [0.3, 0.4) is 0 Å². The molecule has 9 aromatic rings. The normalized spacial score (nSPS) is 13.9. The number of anilines is 3. The summed E-state index contributed by atoms with van der Waals surface area (Å²) in [5.74, 6) is 1.87. The summed E-state index contributed by atoms with van der Waals surface area (Å²) in [6.07, 6.45) is 0. The summed E-state index contributed by atoms with van der Waals surface area (Å²) in [7, 11) is 0. The van der Waals surface area contributed by atoms with Crippen LogP contribution in [-0.4, -0.2) is 11.3 Å². The van der Waals surface area contributed by atoms with Gasteiger partial charge in [-0.05, 0) is 93.9 Å². The Labute approximate surface area is 257 Å². The molecule has 45 heavy (non-hydrogen) atoms. The molecular weight excluding hydrogens is 551 g/mol. The van der Waals surface area contributed by atoms with Gasteiger partial charge in [-0.25, -0.2) is 0 Å². The van der Waals surface area contributed by atoms with Crippen molar-refractivity contribution in [2.24, 2.45) is 0 Å². The van der Waals surface area contributed by atoms with Gasteiger partial charge >= 0.3 is 0 Å². The van der Waals surface area contributed by atoms with Crippen molar-refractivity contribution < 1.29 is 9.15 Å².